The SMILES string of the molecule is CC1=C(CCCCCCCCCCCCCCC(OC(=O)OC(CCCCCCCCCCCCCCC2=C(C)C(=O)CCC2(C)C)c2ccc([N+](=O)[O-])cc2)c2ccc([N+](=O)[O-])cc2)C(C)(C)CCC1=O. The van der Waals surface area contributed by atoms with Gasteiger partial charge in [-0.2, -0.15) is 0 Å². The maximum Gasteiger partial charge on any atom is 0.509 e. The minimum Gasteiger partial charge on any atom is -0.426 e. The molecule has 0 radical (unpaired) electrons. The largest absolute Gasteiger partial charge is 0.509 e. The minimum absolute atomic E-state index is 0.0334. The highest BCUT2D eigenvalue weighted by Crippen LogP contribution is 2.43. The molecule has 2 atom stereocenters. The summed E-state index contributed by atoms with van der Waals surface area (Å²) in [6.07, 6.45) is 32.1. The monoisotopic (exact) mass is 997 g/mol. The predicted molar refractivity (Wildman–Crippen MR) is 290 cm³/mol. The van der Waals surface area contributed by atoms with E-state index in [1.54, 1.807) is 24.3 Å². The number of ketones is 2. The predicted octanol–water partition coefficient (Wildman–Crippen LogP) is 18.8. The van der Waals surface area contributed by atoms with Gasteiger partial charge >= 0.3 is 6.16 Å². The van der Waals surface area contributed by atoms with Crippen molar-refractivity contribution in [1.82, 2.24) is 0 Å². The Morgan fingerprint density at radius 2 is 0.736 bits per heavy atom. The van der Waals surface area contributed by atoms with Crippen molar-refractivity contribution in [3.63, 3.8) is 0 Å². The molecule has 2 aromatic carbocycles. The molecule has 400 valence electrons. The number of allylic oxidation sites excluding steroid dienone is 4. The van der Waals surface area contributed by atoms with Gasteiger partial charge in [-0.1, -0.05) is 167 Å². The molecule has 2 aliphatic carbocycles. The number of carbonyl (C=O) groups is 3. The van der Waals surface area contributed by atoms with Gasteiger partial charge in [0, 0.05) is 37.1 Å². The minimum atomic E-state index is -0.823. The number of hydrogen-bond acceptors (Lipinski definition) is 9. The molecule has 2 aromatic rings. The summed E-state index contributed by atoms with van der Waals surface area (Å²) in [6.45, 7) is 13.2. The molecule has 0 fully saturated rings. The van der Waals surface area contributed by atoms with E-state index in [-0.39, 0.29) is 22.2 Å². The molecule has 0 heterocycles. The lowest BCUT2D eigenvalue weighted by Crippen LogP contribution is -2.25. The Balaban J connectivity index is 1.13. The van der Waals surface area contributed by atoms with Crippen molar-refractivity contribution in [1.29, 1.82) is 0 Å². The first kappa shape index (κ1) is 59.9. The molecule has 0 bridgehead atoms. The number of carbonyl (C=O) groups excluding carboxylic acids is 3. The average molecular weight is 997 g/mol. The van der Waals surface area contributed by atoms with Crippen LogP contribution in [0.1, 0.15) is 270 Å². The Hall–Kier alpha value is -4.67. The molecule has 0 saturated carbocycles. The van der Waals surface area contributed by atoms with Crippen LogP contribution in [0.25, 0.3) is 0 Å². The summed E-state index contributed by atoms with van der Waals surface area (Å²) < 4.78 is 12.0. The first-order valence-electron chi connectivity index (χ1n) is 28.3. The third-order valence-corrected chi connectivity index (χ3v) is 16.0. The third-order valence-electron chi connectivity index (χ3n) is 16.0. The van der Waals surface area contributed by atoms with Crippen LogP contribution in [0.5, 0.6) is 0 Å². The number of nitro groups is 2. The van der Waals surface area contributed by atoms with Gasteiger partial charge in [-0.25, -0.2) is 4.79 Å². The summed E-state index contributed by atoms with van der Waals surface area (Å²) in [5.74, 6) is 0.670. The van der Waals surface area contributed by atoms with Gasteiger partial charge in [0.25, 0.3) is 11.4 Å². The van der Waals surface area contributed by atoms with E-state index in [1.807, 2.05) is 13.8 Å². The fourth-order valence-electron chi connectivity index (χ4n) is 11.2. The Morgan fingerprint density at radius 1 is 0.472 bits per heavy atom. The van der Waals surface area contributed by atoms with Crippen molar-refractivity contribution in [3.8, 4) is 0 Å². The second kappa shape index (κ2) is 31.8. The van der Waals surface area contributed by atoms with Crippen LogP contribution < -0.4 is 0 Å². The molecule has 4 rings (SSSR count). The van der Waals surface area contributed by atoms with Crippen LogP contribution in [0.2, 0.25) is 0 Å². The summed E-state index contributed by atoms with van der Waals surface area (Å²) >= 11 is 0. The van der Waals surface area contributed by atoms with Crippen molar-refractivity contribution in [2.45, 2.75) is 259 Å². The number of ether oxygens (including phenoxy) is 2. The highest BCUT2D eigenvalue weighted by molar-refractivity contribution is 5.97. The van der Waals surface area contributed by atoms with Gasteiger partial charge in [0.2, 0.25) is 0 Å². The van der Waals surface area contributed by atoms with Crippen LogP contribution >= 0.6 is 0 Å². The van der Waals surface area contributed by atoms with Gasteiger partial charge in [0.1, 0.15) is 12.2 Å². The number of non-ortho nitro benzene ring substituents is 2. The molecule has 0 N–H and O–H groups in total. The van der Waals surface area contributed by atoms with E-state index in [2.05, 4.69) is 27.7 Å². The van der Waals surface area contributed by atoms with Crippen molar-refractivity contribution in [2.24, 2.45) is 10.8 Å². The molecule has 11 nitrogen and oxygen atoms in total. The highest BCUT2D eigenvalue weighted by atomic mass is 16.7. The van der Waals surface area contributed by atoms with E-state index in [1.165, 1.54) is 125 Å². The van der Waals surface area contributed by atoms with E-state index in [4.69, 9.17) is 9.47 Å². The first-order valence-corrected chi connectivity index (χ1v) is 28.3. The Morgan fingerprint density at radius 3 is 1.01 bits per heavy atom. The van der Waals surface area contributed by atoms with Crippen LogP contribution in [0.3, 0.4) is 0 Å². The van der Waals surface area contributed by atoms with Crippen molar-refractivity contribution in [2.75, 3.05) is 0 Å². The Bertz CT molecular complexity index is 1920. The fourth-order valence-corrected chi connectivity index (χ4v) is 11.2. The maximum absolute atomic E-state index is 13.6. The second-order valence-corrected chi connectivity index (χ2v) is 22.5. The molecule has 2 aliphatic rings. The lowest BCUT2D eigenvalue weighted by molar-refractivity contribution is -0.385. The number of benzene rings is 2. The number of rotatable bonds is 36. The molecule has 11 heteroatoms. The zero-order valence-electron chi connectivity index (χ0n) is 45.5. The topological polar surface area (TPSA) is 156 Å². The van der Waals surface area contributed by atoms with E-state index >= 15 is 0 Å². The lowest BCUT2D eigenvalue weighted by atomic mass is 9.70. The molecule has 0 aliphatic heterocycles. The Kier molecular flexibility index (Phi) is 26.5. The quantitative estimate of drug-likeness (QED) is 0.0281. The van der Waals surface area contributed by atoms with Gasteiger partial charge in [0.05, 0.1) is 9.85 Å². The maximum atomic E-state index is 13.6. The number of hydrogen-bond donors (Lipinski definition) is 0. The summed E-state index contributed by atoms with van der Waals surface area (Å²) in [4.78, 5) is 60.0. The zero-order chi connectivity index (χ0) is 52.4. The molecule has 0 amide bonds. The summed E-state index contributed by atoms with van der Waals surface area (Å²) in [5, 5.41) is 22.8. The number of nitro benzene ring substituents is 2. The van der Waals surface area contributed by atoms with Crippen LogP contribution in [-0.4, -0.2) is 27.6 Å². The van der Waals surface area contributed by atoms with Crippen LogP contribution in [-0.2, 0) is 19.1 Å². The zero-order valence-corrected chi connectivity index (χ0v) is 45.5. The molecular weight excluding hydrogens is 905 g/mol. The van der Waals surface area contributed by atoms with E-state index in [0.29, 0.717) is 48.4 Å². The molecule has 72 heavy (non-hydrogen) atoms. The normalized spacial score (nSPS) is 16.5. The van der Waals surface area contributed by atoms with Crippen molar-refractivity contribution in [3.05, 3.63) is 102 Å². The first-order chi connectivity index (χ1) is 34.5. The fraction of sp³-hybridized carbons (Fsp3) is 0.689. The van der Waals surface area contributed by atoms with Gasteiger partial charge in [-0.05, 0) is 135 Å². The van der Waals surface area contributed by atoms with E-state index in [9.17, 15) is 34.6 Å². The molecule has 2 unspecified atom stereocenters. The van der Waals surface area contributed by atoms with Crippen molar-refractivity contribution >= 4 is 29.1 Å². The molecule has 0 saturated heterocycles. The summed E-state index contributed by atoms with van der Waals surface area (Å²) in [7, 11) is 0. The average Bonchev–Trinajstić information content (AvgIpc) is 3.35. The van der Waals surface area contributed by atoms with E-state index < -0.39 is 28.2 Å². The van der Waals surface area contributed by atoms with Gasteiger partial charge < -0.3 is 9.47 Å². The van der Waals surface area contributed by atoms with Crippen LogP contribution in [0.15, 0.2) is 70.8 Å². The lowest BCUT2D eigenvalue weighted by Gasteiger charge is -2.34. The van der Waals surface area contributed by atoms with Gasteiger partial charge in [0.15, 0.2) is 11.6 Å². The van der Waals surface area contributed by atoms with Gasteiger partial charge in [-0.15, -0.1) is 0 Å². The standard InChI is InChI=1S/C61H92N2O9/c1-47-53(60(3,4)45-43-55(47)64)31-27-23-19-15-11-7-9-13-17-21-25-29-33-57(49-35-39-51(40-36-49)62(67)68)71-59(66)72-58(50-37-41-52(42-38-50)63(69)70)34-30-26-22-18-14-10-8-12-16-20-24-28-32-54-48(2)56(65)44-46-61(54,5)6/h35-42,57-58H,7-34,43-46H2,1-6H3. The second-order valence-electron chi connectivity index (χ2n) is 22.5. The van der Waals surface area contributed by atoms with Crippen LogP contribution in [0, 0.1) is 31.1 Å². The number of Topliss-reactive ketones (excluding diaryl/α,β-unsaturated/α-hetero) is 2. The van der Waals surface area contributed by atoms with Crippen LogP contribution in [0.4, 0.5) is 16.2 Å². The van der Waals surface area contributed by atoms with E-state index in [0.717, 1.165) is 101 Å². The Labute approximate surface area is 433 Å². The number of unbranched alkanes of at least 4 members (excludes halogenated alkanes) is 22. The molecule has 0 aromatic heterocycles. The highest BCUT2D eigenvalue weighted by Gasteiger charge is 2.33. The third kappa shape index (κ3) is 21.0. The summed E-state index contributed by atoms with van der Waals surface area (Å²) in [5.41, 5.74) is 6.38. The van der Waals surface area contributed by atoms with Crippen molar-refractivity contribution < 1.29 is 33.7 Å². The molecular formula is C61H92N2O9. The smallest absolute Gasteiger partial charge is 0.426 e. The van der Waals surface area contributed by atoms with Gasteiger partial charge in [-0.3, -0.25) is 29.8 Å². The summed E-state index contributed by atoms with van der Waals surface area (Å²) in [6, 6.07) is 12.3. The number of nitrogens with zero attached hydrogens (tertiary/aromatic N) is 2. The molecule has 0 spiro atoms.